The van der Waals surface area contributed by atoms with Crippen LogP contribution in [0.15, 0.2) is 30.4 Å². The first-order valence-electron chi connectivity index (χ1n) is 5.76. The van der Waals surface area contributed by atoms with Gasteiger partial charge in [0.25, 0.3) is 0 Å². The molecule has 0 saturated carbocycles. The third-order valence-corrected chi connectivity index (χ3v) is 3.40. The molecule has 0 saturated heterocycles. The van der Waals surface area contributed by atoms with Crippen LogP contribution in [0.3, 0.4) is 0 Å². The lowest BCUT2D eigenvalue weighted by Crippen LogP contribution is -2.35. The number of hydrogen-bond acceptors (Lipinski definition) is 2. The quantitative estimate of drug-likeness (QED) is 0.824. The van der Waals surface area contributed by atoms with Gasteiger partial charge in [-0.1, -0.05) is 35.4 Å². The molecule has 0 aromatic heterocycles. The highest BCUT2D eigenvalue weighted by Gasteiger charge is 2.17. The smallest absolute Gasteiger partial charge is 0.0447 e. The maximum absolute atomic E-state index is 6.00. The zero-order valence-electron chi connectivity index (χ0n) is 9.50. The second kappa shape index (κ2) is 5.87. The van der Waals surface area contributed by atoms with E-state index in [-0.39, 0.29) is 6.04 Å². The van der Waals surface area contributed by atoms with E-state index < -0.39 is 0 Å². The Balaban J connectivity index is 2.10. The first-order chi connectivity index (χ1) is 8.19. The van der Waals surface area contributed by atoms with Gasteiger partial charge in [-0.25, -0.2) is 0 Å². The van der Waals surface area contributed by atoms with Crippen molar-refractivity contribution in [3.8, 4) is 0 Å². The standard InChI is InChI=1S/C13H16Cl2N2/c14-10-5-9(6-11(15)7-10)13(8-16)17-12-3-1-2-4-12/h1-2,5-7,12-13,17H,3-4,8,16H2. The molecule has 1 aromatic rings. The lowest BCUT2D eigenvalue weighted by molar-refractivity contribution is 0.453. The summed E-state index contributed by atoms with van der Waals surface area (Å²) in [5, 5.41) is 4.83. The summed E-state index contributed by atoms with van der Waals surface area (Å²) >= 11 is 12.0. The van der Waals surface area contributed by atoms with Crippen LogP contribution in [0.1, 0.15) is 24.4 Å². The van der Waals surface area contributed by atoms with Crippen LogP contribution in [0.4, 0.5) is 0 Å². The molecule has 2 nitrogen and oxygen atoms in total. The number of rotatable bonds is 4. The molecule has 2 rings (SSSR count). The Labute approximate surface area is 112 Å². The van der Waals surface area contributed by atoms with E-state index >= 15 is 0 Å². The largest absolute Gasteiger partial charge is 0.329 e. The van der Waals surface area contributed by atoms with Crippen molar-refractivity contribution in [1.82, 2.24) is 5.32 Å². The molecule has 0 aliphatic heterocycles. The molecule has 1 unspecified atom stereocenters. The number of nitrogens with two attached hydrogens (primary N) is 1. The van der Waals surface area contributed by atoms with Gasteiger partial charge in [-0.15, -0.1) is 0 Å². The van der Waals surface area contributed by atoms with Crippen LogP contribution in [0.25, 0.3) is 0 Å². The van der Waals surface area contributed by atoms with E-state index in [0.717, 1.165) is 18.4 Å². The van der Waals surface area contributed by atoms with E-state index in [1.807, 2.05) is 12.1 Å². The molecule has 4 heteroatoms. The SMILES string of the molecule is NCC(NC1CC=CC1)c1cc(Cl)cc(Cl)c1. The van der Waals surface area contributed by atoms with Crippen LogP contribution in [0.2, 0.25) is 10.0 Å². The van der Waals surface area contributed by atoms with Gasteiger partial charge >= 0.3 is 0 Å². The second-order valence-electron chi connectivity index (χ2n) is 4.30. The van der Waals surface area contributed by atoms with Crippen LogP contribution in [0.5, 0.6) is 0 Å². The Bertz CT molecular complexity index is 390. The predicted octanol–water partition coefficient (Wildman–Crippen LogP) is 3.30. The van der Waals surface area contributed by atoms with Crippen molar-refractivity contribution in [3.63, 3.8) is 0 Å². The molecular weight excluding hydrogens is 255 g/mol. The van der Waals surface area contributed by atoms with Gasteiger partial charge in [0, 0.05) is 28.7 Å². The summed E-state index contributed by atoms with van der Waals surface area (Å²) in [5.74, 6) is 0. The predicted molar refractivity (Wildman–Crippen MR) is 73.6 cm³/mol. The Morgan fingerprint density at radius 1 is 1.18 bits per heavy atom. The minimum atomic E-state index is 0.107. The highest BCUT2D eigenvalue weighted by molar-refractivity contribution is 6.34. The van der Waals surface area contributed by atoms with E-state index in [0.29, 0.717) is 22.6 Å². The third-order valence-electron chi connectivity index (χ3n) is 2.97. The lowest BCUT2D eigenvalue weighted by Gasteiger charge is -2.22. The summed E-state index contributed by atoms with van der Waals surface area (Å²) in [5.41, 5.74) is 6.87. The summed E-state index contributed by atoms with van der Waals surface area (Å²) in [7, 11) is 0. The van der Waals surface area contributed by atoms with Crippen molar-refractivity contribution in [2.24, 2.45) is 5.73 Å². The van der Waals surface area contributed by atoms with Crippen LogP contribution in [-0.4, -0.2) is 12.6 Å². The second-order valence-corrected chi connectivity index (χ2v) is 5.17. The highest BCUT2D eigenvalue weighted by atomic mass is 35.5. The molecule has 17 heavy (non-hydrogen) atoms. The molecule has 1 aromatic carbocycles. The highest BCUT2D eigenvalue weighted by Crippen LogP contribution is 2.24. The number of hydrogen-bond donors (Lipinski definition) is 2. The normalized spacial score (nSPS) is 17.6. The van der Waals surface area contributed by atoms with Crippen LogP contribution >= 0.6 is 23.2 Å². The van der Waals surface area contributed by atoms with E-state index in [2.05, 4.69) is 17.5 Å². The van der Waals surface area contributed by atoms with Gasteiger partial charge in [0.05, 0.1) is 0 Å². The van der Waals surface area contributed by atoms with Crippen molar-refractivity contribution >= 4 is 23.2 Å². The van der Waals surface area contributed by atoms with E-state index in [4.69, 9.17) is 28.9 Å². The number of nitrogens with one attached hydrogen (secondary N) is 1. The molecule has 1 aliphatic carbocycles. The van der Waals surface area contributed by atoms with Gasteiger partial charge in [-0.05, 0) is 36.6 Å². The summed E-state index contributed by atoms with van der Waals surface area (Å²) in [6, 6.07) is 6.15. The van der Waals surface area contributed by atoms with Crippen LogP contribution in [0, 0.1) is 0 Å². The zero-order valence-corrected chi connectivity index (χ0v) is 11.0. The Kier molecular flexibility index (Phi) is 4.46. The molecule has 3 N–H and O–H groups in total. The molecule has 0 radical (unpaired) electrons. The Morgan fingerprint density at radius 2 is 1.76 bits per heavy atom. The summed E-state index contributed by atoms with van der Waals surface area (Å²) in [4.78, 5) is 0. The fourth-order valence-corrected chi connectivity index (χ4v) is 2.66. The van der Waals surface area contributed by atoms with E-state index in [1.165, 1.54) is 0 Å². The topological polar surface area (TPSA) is 38.0 Å². The van der Waals surface area contributed by atoms with Crippen molar-refractivity contribution in [3.05, 3.63) is 46.0 Å². The fourth-order valence-electron chi connectivity index (χ4n) is 2.11. The van der Waals surface area contributed by atoms with E-state index in [9.17, 15) is 0 Å². The van der Waals surface area contributed by atoms with Gasteiger partial charge < -0.3 is 11.1 Å². The molecule has 0 fully saturated rings. The minimum Gasteiger partial charge on any atom is -0.329 e. The Hall–Kier alpha value is -0.540. The maximum Gasteiger partial charge on any atom is 0.0447 e. The van der Waals surface area contributed by atoms with Crippen molar-refractivity contribution < 1.29 is 0 Å². The zero-order chi connectivity index (χ0) is 12.3. The molecule has 0 heterocycles. The van der Waals surface area contributed by atoms with Gasteiger partial charge in [0.1, 0.15) is 0 Å². The molecule has 0 bridgehead atoms. The van der Waals surface area contributed by atoms with Crippen LogP contribution < -0.4 is 11.1 Å². The molecule has 0 spiro atoms. The number of benzene rings is 1. The molecular formula is C13H16Cl2N2. The van der Waals surface area contributed by atoms with E-state index in [1.54, 1.807) is 6.07 Å². The number of halogens is 2. The van der Waals surface area contributed by atoms with Gasteiger partial charge in [0.2, 0.25) is 0 Å². The van der Waals surface area contributed by atoms with Gasteiger partial charge in [0.15, 0.2) is 0 Å². The average molecular weight is 271 g/mol. The Morgan fingerprint density at radius 3 is 2.29 bits per heavy atom. The van der Waals surface area contributed by atoms with Crippen LogP contribution in [-0.2, 0) is 0 Å². The van der Waals surface area contributed by atoms with Crippen molar-refractivity contribution in [1.29, 1.82) is 0 Å². The lowest BCUT2D eigenvalue weighted by atomic mass is 10.1. The monoisotopic (exact) mass is 270 g/mol. The first-order valence-corrected chi connectivity index (χ1v) is 6.51. The fraction of sp³-hybridized carbons (Fsp3) is 0.385. The molecule has 1 aliphatic rings. The first kappa shape index (κ1) is 12.9. The van der Waals surface area contributed by atoms with Crippen molar-refractivity contribution in [2.45, 2.75) is 24.9 Å². The third kappa shape index (κ3) is 3.46. The summed E-state index contributed by atoms with van der Waals surface area (Å²) < 4.78 is 0. The minimum absolute atomic E-state index is 0.107. The maximum atomic E-state index is 6.00. The molecule has 0 amide bonds. The van der Waals surface area contributed by atoms with Gasteiger partial charge in [-0.2, -0.15) is 0 Å². The summed E-state index contributed by atoms with van der Waals surface area (Å²) in [6.07, 6.45) is 6.50. The molecule has 1 atom stereocenters. The van der Waals surface area contributed by atoms with Gasteiger partial charge in [-0.3, -0.25) is 0 Å². The van der Waals surface area contributed by atoms with Crippen molar-refractivity contribution in [2.75, 3.05) is 6.54 Å². The average Bonchev–Trinajstić information content (AvgIpc) is 2.77. The molecule has 92 valence electrons. The summed E-state index contributed by atoms with van der Waals surface area (Å²) in [6.45, 7) is 0.535.